The van der Waals surface area contributed by atoms with Crippen molar-refractivity contribution in [1.82, 2.24) is 4.57 Å². The van der Waals surface area contributed by atoms with Gasteiger partial charge in [0.1, 0.15) is 0 Å². The predicted molar refractivity (Wildman–Crippen MR) is 61.8 cm³/mol. The van der Waals surface area contributed by atoms with Gasteiger partial charge in [0.05, 0.1) is 5.02 Å². The van der Waals surface area contributed by atoms with Crippen molar-refractivity contribution in [2.75, 3.05) is 0 Å². The first-order valence-corrected chi connectivity index (χ1v) is 5.29. The van der Waals surface area contributed by atoms with Crippen molar-refractivity contribution in [1.29, 1.82) is 0 Å². The van der Waals surface area contributed by atoms with Crippen LogP contribution in [0, 0.1) is 5.92 Å². The predicted octanol–water partition coefficient (Wildman–Crippen LogP) is 3.95. The van der Waals surface area contributed by atoms with Crippen LogP contribution in [0.4, 0.5) is 0 Å². The largest absolute Gasteiger partial charge is 0.346 e. The number of benzene rings is 1. The molecule has 0 radical (unpaired) electrons. The van der Waals surface area contributed by atoms with E-state index in [-0.39, 0.29) is 0 Å². The average Bonchev–Trinajstić information content (AvgIpc) is 2.44. The molecule has 0 saturated heterocycles. The molecule has 2 heteroatoms. The Morgan fingerprint density at radius 1 is 1.29 bits per heavy atom. The minimum absolute atomic E-state index is 0.641. The van der Waals surface area contributed by atoms with Gasteiger partial charge in [-0.25, -0.2) is 0 Å². The third-order valence-electron chi connectivity index (χ3n) is 2.30. The summed E-state index contributed by atoms with van der Waals surface area (Å²) in [5, 5.41) is 2.00. The van der Waals surface area contributed by atoms with E-state index in [4.69, 9.17) is 11.6 Å². The van der Waals surface area contributed by atoms with Crippen molar-refractivity contribution in [2.45, 2.75) is 20.4 Å². The maximum atomic E-state index is 6.14. The molecule has 0 aliphatic rings. The van der Waals surface area contributed by atoms with Crippen molar-refractivity contribution in [3.63, 3.8) is 0 Å². The van der Waals surface area contributed by atoms with Crippen LogP contribution in [0.2, 0.25) is 5.02 Å². The highest BCUT2D eigenvalue weighted by Gasteiger charge is 2.06. The van der Waals surface area contributed by atoms with Crippen LogP contribution in [0.5, 0.6) is 0 Å². The Bertz CT molecular complexity index is 443. The van der Waals surface area contributed by atoms with Crippen LogP contribution in [0.1, 0.15) is 13.8 Å². The molecule has 0 aliphatic carbocycles. The topological polar surface area (TPSA) is 4.93 Å². The van der Waals surface area contributed by atoms with Gasteiger partial charge in [-0.2, -0.15) is 0 Å². The molecule has 2 rings (SSSR count). The molecule has 14 heavy (non-hydrogen) atoms. The average molecular weight is 208 g/mol. The number of hydrogen-bond acceptors (Lipinski definition) is 0. The summed E-state index contributed by atoms with van der Waals surface area (Å²) in [6.07, 6.45) is 2.02. The molecule has 0 bridgehead atoms. The van der Waals surface area contributed by atoms with Crippen LogP contribution in [-0.2, 0) is 6.54 Å². The fourth-order valence-corrected chi connectivity index (χ4v) is 2.02. The van der Waals surface area contributed by atoms with Crippen LogP contribution in [0.15, 0.2) is 30.5 Å². The van der Waals surface area contributed by atoms with Gasteiger partial charge in [0, 0.05) is 23.6 Å². The molecule has 0 amide bonds. The van der Waals surface area contributed by atoms with Gasteiger partial charge in [-0.05, 0) is 12.0 Å². The first kappa shape index (κ1) is 9.60. The molecule has 0 atom stereocenters. The Hall–Kier alpha value is -0.950. The summed E-state index contributed by atoms with van der Waals surface area (Å²) in [5.41, 5.74) is 1.23. The lowest BCUT2D eigenvalue weighted by Gasteiger charge is -2.07. The van der Waals surface area contributed by atoms with E-state index < -0.39 is 0 Å². The number of aromatic nitrogens is 1. The number of fused-ring (bicyclic) bond motifs is 1. The summed E-state index contributed by atoms with van der Waals surface area (Å²) in [4.78, 5) is 0. The molecule has 0 N–H and O–H groups in total. The lowest BCUT2D eigenvalue weighted by atomic mass is 10.2. The standard InChI is InChI=1S/C12H14ClN/c1-9(2)7-14-8-11(13)10-5-3-4-6-12(10)14/h3-6,8-9H,7H2,1-2H3. The molecule has 0 unspecified atom stereocenters. The molecular weight excluding hydrogens is 194 g/mol. The summed E-state index contributed by atoms with van der Waals surface area (Å²) < 4.78 is 2.22. The van der Waals surface area contributed by atoms with E-state index in [9.17, 15) is 0 Å². The molecule has 2 aromatic rings. The highest BCUT2D eigenvalue weighted by molar-refractivity contribution is 6.35. The van der Waals surface area contributed by atoms with E-state index in [1.807, 2.05) is 12.3 Å². The lowest BCUT2D eigenvalue weighted by Crippen LogP contribution is -2.02. The molecular formula is C12H14ClN. The Kier molecular flexibility index (Phi) is 2.51. The van der Waals surface area contributed by atoms with Crippen molar-refractivity contribution in [3.8, 4) is 0 Å². The Labute approximate surface area is 89.3 Å². The summed E-state index contributed by atoms with van der Waals surface area (Å²) in [6.45, 7) is 5.44. The third-order valence-corrected chi connectivity index (χ3v) is 2.60. The molecule has 0 saturated carbocycles. The van der Waals surface area contributed by atoms with Crippen LogP contribution >= 0.6 is 11.6 Å². The first-order valence-electron chi connectivity index (χ1n) is 4.92. The van der Waals surface area contributed by atoms with Crippen LogP contribution in [0.3, 0.4) is 0 Å². The molecule has 74 valence electrons. The van der Waals surface area contributed by atoms with Gasteiger partial charge in [0.2, 0.25) is 0 Å². The fourth-order valence-electron chi connectivity index (χ4n) is 1.75. The molecule has 0 aliphatic heterocycles. The van der Waals surface area contributed by atoms with E-state index in [1.165, 1.54) is 5.52 Å². The zero-order valence-electron chi connectivity index (χ0n) is 8.50. The normalized spacial score (nSPS) is 11.4. The number of para-hydroxylation sites is 1. The summed E-state index contributed by atoms with van der Waals surface area (Å²) in [6, 6.07) is 8.25. The second-order valence-electron chi connectivity index (χ2n) is 4.04. The van der Waals surface area contributed by atoms with Gasteiger partial charge in [-0.1, -0.05) is 43.6 Å². The SMILES string of the molecule is CC(C)Cn1cc(Cl)c2ccccc21. The van der Waals surface area contributed by atoms with Gasteiger partial charge in [0.25, 0.3) is 0 Å². The Morgan fingerprint density at radius 3 is 2.71 bits per heavy atom. The summed E-state index contributed by atoms with van der Waals surface area (Å²) in [7, 11) is 0. The number of rotatable bonds is 2. The minimum atomic E-state index is 0.641. The van der Waals surface area contributed by atoms with E-state index in [0.29, 0.717) is 5.92 Å². The van der Waals surface area contributed by atoms with Crippen LogP contribution in [-0.4, -0.2) is 4.57 Å². The van der Waals surface area contributed by atoms with Crippen molar-refractivity contribution in [2.24, 2.45) is 5.92 Å². The molecule has 1 nitrogen and oxygen atoms in total. The van der Waals surface area contributed by atoms with Gasteiger partial charge in [0.15, 0.2) is 0 Å². The summed E-state index contributed by atoms with van der Waals surface area (Å²) in [5.74, 6) is 0.641. The lowest BCUT2D eigenvalue weighted by molar-refractivity contribution is 0.535. The van der Waals surface area contributed by atoms with Gasteiger partial charge >= 0.3 is 0 Å². The summed E-state index contributed by atoms with van der Waals surface area (Å²) >= 11 is 6.14. The number of halogens is 1. The van der Waals surface area contributed by atoms with Crippen LogP contribution in [0.25, 0.3) is 10.9 Å². The van der Waals surface area contributed by atoms with E-state index >= 15 is 0 Å². The van der Waals surface area contributed by atoms with Crippen molar-refractivity contribution in [3.05, 3.63) is 35.5 Å². The van der Waals surface area contributed by atoms with Crippen LogP contribution < -0.4 is 0 Å². The van der Waals surface area contributed by atoms with Gasteiger partial charge in [-0.3, -0.25) is 0 Å². The Balaban J connectivity index is 2.55. The third kappa shape index (κ3) is 1.64. The van der Waals surface area contributed by atoms with E-state index in [2.05, 4.69) is 36.6 Å². The first-order chi connectivity index (χ1) is 6.68. The highest BCUT2D eigenvalue weighted by atomic mass is 35.5. The second kappa shape index (κ2) is 3.66. The highest BCUT2D eigenvalue weighted by Crippen LogP contribution is 2.25. The van der Waals surface area contributed by atoms with Gasteiger partial charge < -0.3 is 4.57 Å². The molecule has 1 heterocycles. The quantitative estimate of drug-likeness (QED) is 0.703. The molecule has 1 aromatic heterocycles. The Morgan fingerprint density at radius 2 is 2.00 bits per heavy atom. The molecule has 0 fully saturated rings. The molecule has 1 aromatic carbocycles. The fraction of sp³-hybridized carbons (Fsp3) is 0.333. The maximum Gasteiger partial charge on any atom is 0.0661 e. The van der Waals surface area contributed by atoms with E-state index in [1.54, 1.807) is 0 Å². The zero-order chi connectivity index (χ0) is 10.1. The monoisotopic (exact) mass is 207 g/mol. The maximum absolute atomic E-state index is 6.14. The minimum Gasteiger partial charge on any atom is -0.346 e. The van der Waals surface area contributed by atoms with E-state index in [0.717, 1.165) is 17.0 Å². The van der Waals surface area contributed by atoms with Crippen molar-refractivity contribution >= 4 is 22.5 Å². The van der Waals surface area contributed by atoms with Crippen molar-refractivity contribution < 1.29 is 0 Å². The molecule has 0 spiro atoms. The zero-order valence-corrected chi connectivity index (χ0v) is 9.25. The van der Waals surface area contributed by atoms with Gasteiger partial charge in [-0.15, -0.1) is 0 Å². The number of nitrogens with zero attached hydrogens (tertiary/aromatic N) is 1. The second-order valence-corrected chi connectivity index (χ2v) is 4.45. The number of hydrogen-bond donors (Lipinski definition) is 0. The smallest absolute Gasteiger partial charge is 0.0661 e.